The van der Waals surface area contributed by atoms with Crippen molar-refractivity contribution < 1.29 is 32.5 Å². The predicted octanol–water partition coefficient (Wildman–Crippen LogP) is 4.24. The van der Waals surface area contributed by atoms with E-state index in [9.17, 15) is 18.3 Å². The number of rotatable bonds is 16. The number of benzene rings is 2. The van der Waals surface area contributed by atoms with Crippen LogP contribution in [-0.2, 0) is 14.6 Å². The Hall–Kier alpha value is -2.82. The minimum Gasteiger partial charge on any atom is -0.497 e. The molecular formula is C30H42N2O7S. The standard InChI is InChI=1S/C30H42N2O7S/c1-3-4-5-6-17-40(35,36)18-7-14-31-15-16-32-20-25(23-10-13-26-27(19-23)39-21-38-26)28(30(33)34)29(32)22-8-11-24(37-2)12-9-22/h8-13,19,25,28-29,31H,3-7,14-18,20-21H2,1-2H3,(H,33,34)/t25-,28+,29-/m1/s1. The molecule has 0 aliphatic carbocycles. The van der Waals surface area contributed by atoms with E-state index in [4.69, 9.17) is 14.2 Å². The highest BCUT2D eigenvalue weighted by molar-refractivity contribution is 7.91. The topological polar surface area (TPSA) is 114 Å². The Morgan fingerprint density at radius 1 is 1.00 bits per heavy atom. The lowest BCUT2D eigenvalue weighted by atomic mass is 9.82. The summed E-state index contributed by atoms with van der Waals surface area (Å²) in [4.78, 5) is 14.9. The molecule has 9 nitrogen and oxygen atoms in total. The van der Waals surface area contributed by atoms with Gasteiger partial charge < -0.3 is 24.6 Å². The Balaban J connectivity index is 1.41. The van der Waals surface area contributed by atoms with Gasteiger partial charge in [0, 0.05) is 31.6 Å². The van der Waals surface area contributed by atoms with Crippen LogP contribution in [-0.4, -0.2) is 76.0 Å². The van der Waals surface area contributed by atoms with Gasteiger partial charge in [-0.1, -0.05) is 44.4 Å². The first-order chi connectivity index (χ1) is 19.3. The molecule has 0 saturated carbocycles. The van der Waals surface area contributed by atoms with Crippen LogP contribution in [0, 0.1) is 5.92 Å². The number of nitrogens with one attached hydrogen (secondary N) is 1. The molecule has 0 bridgehead atoms. The first-order valence-corrected chi connectivity index (χ1v) is 16.1. The second-order valence-corrected chi connectivity index (χ2v) is 12.9. The molecule has 0 spiro atoms. The number of aliphatic carboxylic acids is 1. The SMILES string of the molecule is CCCCCCS(=O)(=O)CCCNCCN1C[C@H](c2ccc3c(c2)OCO3)[C@H](C(=O)O)[C@H]1c1ccc(OC)cc1. The average Bonchev–Trinajstić information content (AvgIpc) is 3.57. The summed E-state index contributed by atoms with van der Waals surface area (Å²) in [7, 11) is -1.41. The number of likely N-dealkylation sites (tertiary alicyclic amines) is 1. The maximum atomic E-state index is 12.7. The highest BCUT2D eigenvalue weighted by Gasteiger charge is 2.47. The van der Waals surface area contributed by atoms with E-state index in [-0.39, 0.29) is 30.3 Å². The van der Waals surface area contributed by atoms with E-state index in [1.54, 1.807) is 7.11 Å². The van der Waals surface area contributed by atoms with Crippen molar-refractivity contribution in [1.29, 1.82) is 0 Å². The summed E-state index contributed by atoms with van der Waals surface area (Å²) >= 11 is 0. The monoisotopic (exact) mass is 574 g/mol. The fraction of sp³-hybridized carbons (Fsp3) is 0.567. The van der Waals surface area contributed by atoms with Crippen molar-refractivity contribution in [1.82, 2.24) is 10.2 Å². The highest BCUT2D eigenvalue weighted by Crippen LogP contribution is 2.47. The number of carboxylic acids is 1. The first-order valence-electron chi connectivity index (χ1n) is 14.2. The summed E-state index contributed by atoms with van der Waals surface area (Å²) in [5.74, 6) is 0.744. The third-order valence-electron chi connectivity index (χ3n) is 7.86. The van der Waals surface area contributed by atoms with Crippen molar-refractivity contribution in [3.05, 3.63) is 53.6 Å². The lowest BCUT2D eigenvalue weighted by molar-refractivity contribution is -0.143. The molecule has 0 unspecified atom stereocenters. The molecule has 1 fully saturated rings. The maximum absolute atomic E-state index is 12.7. The molecule has 0 radical (unpaired) electrons. The second-order valence-electron chi connectivity index (χ2n) is 10.6. The van der Waals surface area contributed by atoms with Crippen LogP contribution in [0.25, 0.3) is 0 Å². The van der Waals surface area contributed by atoms with Crippen molar-refractivity contribution in [2.45, 2.75) is 51.0 Å². The number of nitrogens with zero attached hydrogens (tertiary/aromatic N) is 1. The van der Waals surface area contributed by atoms with Gasteiger partial charge in [-0.25, -0.2) is 8.42 Å². The van der Waals surface area contributed by atoms with Crippen LogP contribution in [0.3, 0.4) is 0 Å². The van der Waals surface area contributed by atoms with E-state index in [0.717, 1.165) is 42.6 Å². The molecule has 2 aromatic carbocycles. The van der Waals surface area contributed by atoms with Gasteiger partial charge in [0.05, 0.1) is 24.5 Å². The largest absolute Gasteiger partial charge is 0.497 e. The summed E-state index contributed by atoms with van der Waals surface area (Å²) in [6.45, 7) is 4.71. The van der Waals surface area contributed by atoms with E-state index in [1.807, 2.05) is 42.5 Å². The van der Waals surface area contributed by atoms with E-state index < -0.39 is 21.7 Å². The normalized spacial score (nSPS) is 20.6. The first kappa shape index (κ1) is 30.1. The fourth-order valence-corrected chi connectivity index (χ4v) is 7.19. The van der Waals surface area contributed by atoms with Crippen LogP contribution in [0.2, 0.25) is 0 Å². The van der Waals surface area contributed by atoms with Crippen LogP contribution < -0.4 is 19.5 Å². The van der Waals surface area contributed by atoms with Crippen molar-refractivity contribution in [3.8, 4) is 17.2 Å². The molecule has 3 atom stereocenters. The molecule has 2 aliphatic rings. The summed E-state index contributed by atoms with van der Waals surface area (Å²) in [6.07, 6.45) is 4.42. The maximum Gasteiger partial charge on any atom is 0.309 e. The van der Waals surface area contributed by atoms with Crippen LogP contribution in [0.4, 0.5) is 0 Å². The third-order valence-corrected chi connectivity index (χ3v) is 9.68. The minimum atomic E-state index is -3.02. The zero-order chi connectivity index (χ0) is 28.5. The van der Waals surface area contributed by atoms with Gasteiger partial charge in [0.25, 0.3) is 0 Å². The van der Waals surface area contributed by atoms with Gasteiger partial charge in [0.1, 0.15) is 15.6 Å². The predicted molar refractivity (Wildman–Crippen MR) is 154 cm³/mol. The van der Waals surface area contributed by atoms with Gasteiger partial charge in [-0.3, -0.25) is 9.69 Å². The zero-order valence-electron chi connectivity index (χ0n) is 23.5. The number of sulfone groups is 1. The van der Waals surface area contributed by atoms with Gasteiger partial charge >= 0.3 is 5.97 Å². The van der Waals surface area contributed by atoms with Crippen molar-refractivity contribution in [3.63, 3.8) is 0 Å². The molecule has 2 aromatic rings. The molecule has 2 heterocycles. The molecule has 220 valence electrons. The van der Waals surface area contributed by atoms with Crippen molar-refractivity contribution >= 4 is 15.8 Å². The number of carboxylic acid groups (broad SMARTS) is 1. The summed E-state index contributed by atoms with van der Waals surface area (Å²) in [5, 5.41) is 13.8. The van der Waals surface area contributed by atoms with Crippen LogP contribution in [0.5, 0.6) is 17.2 Å². The molecule has 2 aliphatic heterocycles. The average molecular weight is 575 g/mol. The number of fused-ring (bicyclic) bond motifs is 1. The van der Waals surface area contributed by atoms with E-state index in [0.29, 0.717) is 44.1 Å². The lowest BCUT2D eigenvalue weighted by Crippen LogP contribution is -2.34. The van der Waals surface area contributed by atoms with Gasteiger partial charge in [-0.15, -0.1) is 0 Å². The van der Waals surface area contributed by atoms with Gasteiger partial charge in [-0.2, -0.15) is 0 Å². The van der Waals surface area contributed by atoms with Crippen molar-refractivity contribution in [2.75, 3.05) is 51.6 Å². The van der Waals surface area contributed by atoms with Gasteiger partial charge in [-0.05, 0) is 54.8 Å². The fourth-order valence-electron chi connectivity index (χ4n) is 5.76. The Kier molecular flexibility index (Phi) is 10.7. The molecule has 1 saturated heterocycles. The molecule has 10 heteroatoms. The van der Waals surface area contributed by atoms with Gasteiger partial charge in [0.2, 0.25) is 6.79 Å². The molecule has 2 N–H and O–H groups in total. The molecule has 0 aromatic heterocycles. The summed E-state index contributed by atoms with van der Waals surface area (Å²) in [6, 6.07) is 13.0. The smallest absolute Gasteiger partial charge is 0.309 e. The highest BCUT2D eigenvalue weighted by atomic mass is 32.2. The minimum absolute atomic E-state index is 0.165. The number of carbonyl (C=O) groups is 1. The second kappa shape index (κ2) is 14.2. The van der Waals surface area contributed by atoms with Crippen molar-refractivity contribution in [2.24, 2.45) is 5.92 Å². The van der Waals surface area contributed by atoms with E-state index >= 15 is 0 Å². The van der Waals surface area contributed by atoms with E-state index in [1.165, 1.54) is 0 Å². The Bertz CT molecular complexity index is 1220. The number of unbranched alkanes of at least 4 members (excludes halogenated alkanes) is 3. The molecule has 0 amide bonds. The van der Waals surface area contributed by atoms with Crippen LogP contribution in [0.15, 0.2) is 42.5 Å². The number of hydrogen-bond donors (Lipinski definition) is 2. The zero-order valence-corrected chi connectivity index (χ0v) is 24.3. The molecular weight excluding hydrogens is 532 g/mol. The Labute approximate surface area is 237 Å². The number of methoxy groups -OCH3 is 1. The Morgan fingerprint density at radius 3 is 2.45 bits per heavy atom. The van der Waals surface area contributed by atoms with Crippen LogP contribution >= 0.6 is 0 Å². The van der Waals surface area contributed by atoms with Gasteiger partial charge in [0.15, 0.2) is 11.5 Å². The lowest BCUT2D eigenvalue weighted by Gasteiger charge is -2.27. The molecule has 4 rings (SSSR count). The quantitative estimate of drug-likeness (QED) is 0.284. The Morgan fingerprint density at radius 2 is 1.73 bits per heavy atom. The summed E-state index contributed by atoms with van der Waals surface area (Å²) < 4.78 is 40.9. The third kappa shape index (κ3) is 7.67. The van der Waals surface area contributed by atoms with E-state index in [2.05, 4.69) is 17.1 Å². The summed E-state index contributed by atoms with van der Waals surface area (Å²) in [5.41, 5.74) is 1.83. The van der Waals surface area contributed by atoms with Crippen LogP contribution in [0.1, 0.15) is 62.1 Å². The molecule has 40 heavy (non-hydrogen) atoms. The number of hydrogen-bond acceptors (Lipinski definition) is 8. The number of ether oxygens (including phenoxy) is 3.